The van der Waals surface area contributed by atoms with E-state index in [4.69, 9.17) is 10.7 Å². The molecule has 2 aliphatic rings. The fourth-order valence-electron chi connectivity index (χ4n) is 4.52. The molecule has 1 aromatic carbocycles. The monoisotopic (exact) mass is 399 g/mol. The topological polar surface area (TPSA) is 86.8 Å². The molecule has 1 unspecified atom stereocenters. The Bertz CT molecular complexity index is 886. The third-order valence-corrected chi connectivity index (χ3v) is 5.98. The van der Waals surface area contributed by atoms with Crippen molar-refractivity contribution in [2.75, 3.05) is 18.0 Å². The molecule has 1 aliphatic carbocycles. The molecule has 1 aromatic heterocycles. The van der Waals surface area contributed by atoms with E-state index in [1.165, 1.54) is 37.8 Å². The van der Waals surface area contributed by atoms with Gasteiger partial charge in [-0.1, -0.05) is 12.8 Å². The van der Waals surface area contributed by atoms with Gasteiger partial charge in [-0.3, -0.25) is 0 Å². The second kappa shape index (κ2) is 8.63. The number of anilines is 1. The van der Waals surface area contributed by atoms with Crippen molar-refractivity contribution < 1.29 is 9.50 Å². The number of amidine groups is 1. The molecule has 1 atom stereocenters. The molecule has 1 aliphatic heterocycles. The molecule has 2 fully saturated rings. The van der Waals surface area contributed by atoms with Crippen LogP contribution in [0.2, 0.25) is 0 Å². The van der Waals surface area contributed by atoms with Crippen molar-refractivity contribution in [1.29, 1.82) is 0 Å². The Labute approximate surface area is 171 Å². The average Bonchev–Trinajstić information content (AvgIpc) is 3.20. The molecule has 4 rings (SSSR count). The zero-order valence-corrected chi connectivity index (χ0v) is 16.9. The van der Waals surface area contributed by atoms with Crippen molar-refractivity contribution in [3.63, 3.8) is 0 Å². The number of piperidine rings is 1. The normalized spacial score (nSPS) is 20.5. The number of nitrogens with one attached hydrogen (secondary N) is 1. The lowest BCUT2D eigenvalue weighted by Gasteiger charge is -2.35. The van der Waals surface area contributed by atoms with Gasteiger partial charge < -0.3 is 21.1 Å². The fourth-order valence-corrected chi connectivity index (χ4v) is 4.52. The first-order chi connectivity index (χ1) is 14.0. The lowest BCUT2D eigenvalue weighted by atomic mass is 10.0. The van der Waals surface area contributed by atoms with E-state index in [1.807, 2.05) is 6.07 Å². The number of halogens is 1. The summed E-state index contributed by atoms with van der Waals surface area (Å²) >= 11 is 0. The molecule has 2 aromatic rings. The van der Waals surface area contributed by atoms with E-state index in [1.54, 1.807) is 13.0 Å². The molecular formula is C22H30FN5O. The zero-order valence-electron chi connectivity index (χ0n) is 16.9. The smallest absolute Gasteiger partial charge is 0.144 e. The molecule has 0 bridgehead atoms. The first-order valence-electron chi connectivity index (χ1n) is 10.6. The van der Waals surface area contributed by atoms with Gasteiger partial charge in [-0.2, -0.15) is 0 Å². The summed E-state index contributed by atoms with van der Waals surface area (Å²) in [6.45, 7) is 3.30. The van der Waals surface area contributed by atoms with Crippen LogP contribution in [0.15, 0.2) is 29.3 Å². The molecule has 7 heteroatoms. The van der Waals surface area contributed by atoms with E-state index in [-0.39, 0.29) is 11.7 Å². The van der Waals surface area contributed by atoms with E-state index >= 15 is 0 Å². The Kier molecular flexibility index (Phi) is 5.96. The van der Waals surface area contributed by atoms with Gasteiger partial charge in [-0.25, -0.2) is 14.4 Å². The molecule has 0 amide bonds. The first kappa shape index (κ1) is 20.0. The van der Waals surface area contributed by atoms with E-state index in [0.717, 1.165) is 37.3 Å². The van der Waals surface area contributed by atoms with Crippen molar-refractivity contribution in [2.24, 2.45) is 10.7 Å². The summed E-state index contributed by atoms with van der Waals surface area (Å²) in [4.78, 5) is 11.1. The number of pyridine rings is 1. The Morgan fingerprint density at radius 2 is 1.90 bits per heavy atom. The van der Waals surface area contributed by atoms with Gasteiger partial charge >= 0.3 is 0 Å². The highest BCUT2D eigenvalue weighted by molar-refractivity contribution is 6.04. The molecule has 1 saturated carbocycles. The minimum atomic E-state index is -0.910. The van der Waals surface area contributed by atoms with Gasteiger partial charge in [0.2, 0.25) is 0 Å². The first-order valence-corrected chi connectivity index (χ1v) is 10.6. The van der Waals surface area contributed by atoms with Crippen LogP contribution < -0.4 is 16.0 Å². The summed E-state index contributed by atoms with van der Waals surface area (Å²) in [5.41, 5.74) is 7.55. The third-order valence-electron chi connectivity index (χ3n) is 5.98. The van der Waals surface area contributed by atoms with E-state index in [9.17, 15) is 9.50 Å². The summed E-state index contributed by atoms with van der Waals surface area (Å²) < 4.78 is 13.7. The van der Waals surface area contributed by atoms with Crippen LogP contribution in [0.3, 0.4) is 0 Å². The number of benzene rings is 1. The maximum atomic E-state index is 13.7. The van der Waals surface area contributed by atoms with Gasteiger partial charge in [0.1, 0.15) is 23.7 Å². The minimum absolute atomic E-state index is 0.222. The second-order valence-electron chi connectivity index (χ2n) is 8.25. The number of aliphatic hydroxyl groups is 1. The Morgan fingerprint density at radius 1 is 1.21 bits per heavy atom. The molecule has 6 nitrogen and oxygen atoms in total. The summed E-state index contributed by atoms with van der Waals surface area (Å²) in [6.07, 6.45) is 6.44. The van der Waals surface area contributed by atoms with Gasteiger partial charge in [0, 0.05) is 30.6 Å². The molecule has 4 N–H and O–H groups in total. The lowest BCUT2D eigenvalue weighted by Crippen LogP contribution is -2.46. The Balaban J connectivity index is 1.59. The van der Waals surface area contributed by atoms with Gasteiger partial charge in [0.15, 0.2) is 0 Å². The standard InChI is InChI=1S/C22H30FN5O/c1-14(29)25-21(24)19-13-15-12-16(23)6-7-20(15)27-22(19)28-10-8-18(9-11-28)26-17-4-2-3-5-17/h6-7,12-14,17-18,26,29H,2-5,8-11H2,1H3,(H2,24,25). The summed E-state index contributed by atoms with van der Waals surface area (Å²) in [6, 6.07) is 7.59. The molecule has 156 valence electrons. The predicted octanol–water partition coefficient (Wildman–Crippen LogP) is 2.92. The van der Waals surface area contributed by atoms with E-state index < -0.39 is 6.23 Å². The third kappa shape index (κ3) is 4.67. The number of nitrogens with two attached hydrogens (primary N) is 1. The van der Waals surface area contributed by atoms with Gasteiger partial charge in [-0.05, 0) is 56.9 Å². The largest absolute Gasteiger partial charge is 0.383 e. The van der Waals surface area contributed by atoms with Crippen LogP contribution in [-0.4, -0.2) is 47.3 Å². The number of aliphatic imine (C=N–C) groups is 1. The van der Waals surface area contributed by atoms with Gasteiger partial charge in [0.05, 0.1) is 11.1 Å². The van der Waals surface area contributed by atoms with Crippen LogP contribution in [0.5, 0.6) is 0 Å². The average molecular weight is 400 g/mol. The fraction of sp³-hybridized carbons (Fsp3) is 0.545. The van der Waals surface area contributed by atoms with Crippen LogP contribution in [0, 0.1) is 5.82 Å². The quantitative estimate of drug-likeness (QED) is 0.532. The van der Waals surface area contributed by atoms with Crippen LogP contribution in [0.4, 0.5) is 10.2 Å². The Hall–Kier alpha value is -2.25. The van der Waals surface area contributed by atoms with Crippen molar-refractivity contribution in [3.8, 4) is 0 Å². The lowest BCUT2D eigenvalue weighted by molar-refractivity contribution is 0.205. The van der Waals surface area contributed by atoms with Gasteiger partial charge in [-0.15, -0.1) is 0 Å². The molecule has 1 saturated heterocycles. The molecular weight excluding hydrogens is 369 g/mol. The zero-order chi connectivity index (χ0) is 20.4. The molecule has 29 heavy (non-hydrogen) atoms. The summed E-state index contributed by atoms with van der Waals surface area (Å²) in [5.74, 6) is 0.660. The SMILES string of the molecule is CC(O)/N=C(\N)c1cc2cc(F)ccc2nc1N1CCC(NC2CCCC2)CC1. The van der Waals surface area contributed by atoms with Crippen molar-refractivity contribution in [2.45, 2.75) is 63.8 Å². The molecule has 0 spiro atoms. The number of aromatic nitrogens is 1. The number of nitrogens with zero attached hydrogens (tertiary/aromatic N) is 3. The number of fused-ring (bicyclic) bond motifs is 1. The van der Waals surface area contributed by atoms with Crippen molar-refractivity contribution in [1.82, 2.24) is 10.3 Å². The number of hydrogen-bond donors (Lipinski definition) is 3. The maximum Gasteiger partial charge on any atom is 0.144 e. The summed E-state index contributed by atoms with van der Waals surface area (Å²) in [7, 11) is 0. The van der Waals surface area contributed by atoms with Crippen LogP contribution >= 0.6 is 0 Å². The van der Waals surface area contributed by atoms with Crippen LogP contribution in [-0.2, 0) is 0 Å². The van der Waals surface area contributed by atoms with E-state index in [2.05, 4.69) is 15.2 Å². The minimum Gasteiger partial charge on any atom is -0.383 e. The second-order valence-corrected chi connectivity index (χ2v) is 8.25. The molecule has 0 radical (unpaired) electrons. The van der Waals surface area contributed by atoms with Crippen LogP contribution in [0.25, 0.3) is 10.9 Å². The highest BCUT2D eigenvalue weighted by Gasteiger charge is 2.26. The number of aliphatic hydroxyl groups excluding tert-OH is 1. The number of rotatable bonds is 5. The highest BCUT2D eigenvalue weighted by Crippen LogP contribution is 2.28. The van der Waals surface area contributed by atoms with Crippen LogP contribution in [0.1, 0.15) is 51.0 Å². The number of hydrogen-bond acceptors (Lipinski definition) is 5. The Morgan fingerprint density at radius 3 is 2.59 bits per heavy atom. The van der Waals surface area contributed by atoms with E-state index in [0.29, 0.717) is 23.0 Å². The van der Waals surface area contributed by atoms with Crippen molar-refractivity contribution in [3.05, 3.63) is 35.6 Å². The summed E-state index contributed by atoms with van der Waals surface area (Å²) in [5, 5.41) is 14.1. The highest BCUT2D eigenvalue weighted by atomic mass is 19.1. The van der Waals surface area contributed by atoms with Gasteiger partial charge in [0.25, 0.3) is 0 Å². The maximum absolute atomic E-state index is 13.7. The van der Waals surface area contributed by atoms with Crippen molar-refractivity contribution >= 4 is 22.6 Å². The molecule has 2 heterocycles. The predicted molar refractivity (Wildman–Crippen MR) is 115 cm³/mol.